The predicted molar refractivity (Wildman–Crippen MR) is 61.3 cm³/mol. The minimum Gasteiger partial charge on any atom is -0.375 e. The number of rotatable bonds is 3. The Morgan fingerprint density at radius 1 is 1.25 bits per heavy atom. The van der Waals surface area contributed by atoms with E-state index in [1.807, 2.05) is 4.90 Å². The van der Waals surface area contributed by atoms with Gasteiger partial charge in [-0.25, -0.2) is 0 Å². The van der Waals surface area contributed by atoms with Gasteiger partial charge in [-0.2, -0.15) is 0 Å². The van der Waals surface area contributed by atoms with Crippen molar-refractivity contribution >= 4 is 5.91 Å². The van der Waals surface area contributed by atoms with E-state index < -0.39 is 0 Å². The molecule has 0 atom stereocenters. The maximum atomic E-state index is 11.6. The summed E-state index contributed by atoms with van der Waals surface area (Å²) in [6, 6.07) is 0.713. The molecule has 0 saturated carbocycles. The smallest absolute Gasteiger partial charge is 0.248 e. The van der Waals surface area contributed by atoms with Crippen molar-refractivity contribution in [2.24, 2.45) is 0 Å². The number of likely N-dealkylation sites (tertiary alicyclic amines) is 1. The van der Waals surface area contributed by atoms with Gasteiger partial charge in [0.2, 0.25) is 5.91 Å². The first-order chi connectivity index (χ1) is 7.70. The van der Waals surface area contributed by atoms with E-state index in [1.54, 1.807) is 7.11 Å². The van der Waals surface area contributed by atoms with E-state index in [2.05, 4.69) is 16.8 Å². The Balaban J connectivity index is 1.72. The first-order valence-electron chi connectivity index (χ1n) is 5.90. The van der Waals surface area contributed by atoms with Gasteiger partial charge in [-0.3, -0.25) is 9.69 Å². The van der Waals surface area contributed by atoms with E-state index in [4.69, 9.17) is 4.74 Å². The second kappa shape index (κ2) is 5.12. The van der Waals surface area contributed by atoms with Crippen molar-refractivity contribution in [2.45, 2.75) is 6.04 Å². The molecule has 0 radical (unpaired) electrons. The van der Waals surface area contributed by atoms with Crippen LogP contribution in [0.2, 0.25) is 0 Å². The summed E-state index contributed by atoms with van der Waals surface area (Å²) in [6.07, 6.45) is 0. The Morgan fingerprint density at radius 3 is 2.38 bits per heavy atom. The quantitative estimate of drug-likeness (QED) is 0.625. The number of carbonyl (C=O) groups excluding carboxylic acids is 1. The maximum Gasteiger partial charge on any atom is 0.248 e. The number of likely N-dealkylation sites (N-methyl/N-ethyl adjacent to an activating group) is 1. The van der Waals surface area contributed by atoms with Crippen LogP contribution in [0.4, 0.5) is 0 Å². The van der Waals surface area contributed by atoms with Crippen molar-refractivity contribution in [2.75, 3.05) is 60.0 Å². The predicted octanol–water partition coefficient (Wildman–Crippen LogP) is -0.909. The average molecular weight is 227 g/mol. The van der Waals surface area contributed by atoms with Crippen LogP contribution in [0.5, 0.6) is 0 Å². The summed E-state index contributed by atoms with van der Waals surface area (Å²) in [4.78, 5) is 18.3. The van der Waals surface area contributed by atoms with Gasteiger partial charge in [0.15, 0.2) is 0 Å². The fourth-order valence-corrected chi connectivity index (χ4v) is 2.45. The Morgan fingerprint density at radius 2 is 1.88 bits per heavy atom. The molecule has 0 aliphatic carbocycles. The van der Waals surface area contributed by atoms with Crippen LogP contribution in [0.1, 0.15) is 0 Å². The van der Waals surface area contributed by atoms with Crippen LogP contribution in [0, 0.1) is 0 Å². The van der Waals surface area contributed by atoms with Crippen molar-refractivity contribution in [1.29, 1.82) is 0 Å². The zero-order valence-electron chi connectivity index (χ0n) is 10.2. The molecule has 0 bridgehead atoms. The second-order valence-electron chi connectivity index (χ2n) is 4.72. The zero-order chi connectivity index (χ0) is 11.5. The van der Waals surface area contributed by atoms with E-state index in [1.165, 1.54) is 13.1 Å². The van der Waals surface area contributed by atoms with Crippen molar-refractivity contribution in [1.82, 2.24) is 14.7 Å². The monoisotopic (exact) mass is 227 g/mol. The van der Waals surface area contributed by atoms with Gasteiger partial charge in [0.25, 0.3) is 0 Å². The lowest BCUT2D eigenvalue weighted by Crippen LogP contribution is -2.62. The highest BCUT2D eigenvalue weighted by Crippen LogP contribution is 2.14. The van der Waals surface area contributed by atoms with E-state index in [9.17, 15) is 4.79 Å². The first-order valence-corrected chi connectivity index (χ1v) is 5.90. The number of ether oxygens (including phenoxy) is 1. The number of amides is 1. The van der Waals surface area contributed by atoms with Gasteiger partial charge in [-0.1, -0.05) is 0 Å². The molecule has 2 aliphatic heterocycles. The molecule has 2 rings (SSSR count). The van der Waals surface area contributed by atoms with Crippen LogP contribution in [-0.4, -0.2) is 86.7 Å². The lowest BCUT2D eigenvalue weighted by molar-refractivity contribution is -0.137. The van der Waals surface area contributed by atoms with Crippen LogP contribution in [0.15, 0.2) is 0 Å². The molecule has 0 aromatic carbocycles. The highest BCUT2D eigenvalue weighted by Gasteiger charge is 2.31. The molecular weight excluding hydrogens is 206 g/mol. The molecule has 1 amide bonds. The number of piperazine rings is 1. The summed E-state index contributed by atoms with van der Waals surface area (Å²) in [5.41, 5.74) is 0. The lowest BCUT2D eigenvalue weighted by atomic mass is 10.1. The van der Waals surface area contributed by atoms with Gasteiger partial charge in [0.1, 0.15) is 6.61 Å². The fourth-order valence-electron chi connectivity index (χ4n) is 2.45. The summed E-state index contributed by atoms with van der Waals surface area (Å²) in [7, 11) is 3.72. The lowest BCUT2D eigenvalue weighted by Gasteiger charge is -2.46. The van der Waals surface area contributed by atoms with Crippen molar-refractivity contribution in [3.8, 4) is 0 Å². The third-order valence-corrected chi connectivity index (χ3v) is 3.50. The normalized spacial score (nSPS) is 24.5. The SMILES string of the molecule is COCC(=O)N1CCN(C2CN(C)C2)CC1. The van der Waals surface area contributed by atoms with Gasteiger partial charge < -0.3 is 14.5 Å². The molecule has 5 heteroatoms. The molecule has 5 nitrogen and oxygen atoms in total. The summed E-state index contributed by atoms with van der Waals surface area (Å²) in [6.45, 7) is 6.27. The molecule has 0 N–H and O–H groups in total. The number of hydrogen-bond donors (Lipinski definition) is 0. The molecule has 92 valence electrons. The van der Waals surface area contributed by atoms with Gasteiger partial charge in [-0.05, 0) is 7.05 Å². The molecule has 0 unspecified atom stereocenters. The number of nitrogens with zero attached hydrogens (tertiary/aromatic N) is 3. The van der Waals surface area contributed by atoms with E-state index >= 15 is 0 Å². The van der Waals surface area contributed by atoms with Crippen molar-refractivity contribution in [3.05, 3.63) is 0 Å². The largest absolute Gasteiger partial charge is 0.375 e. The Kier molecular flexibility index (Phi) is 3.78. The minimum absolute atomic E-state index is 0.118. The summed E-state index contributed by atoms with van der Waals surface area (Å²) in [5.74, 6) is 0.118. The van der Waals surface area contributed by atoms with Gasteiger partial charge in [-0.15, -0.1) is 0 Å². The minimum atomic E-state index is 0.118. The zero-order valence-corrected chi connectivity index (χ0v) is 10.2. The summed E-state index contributed by atoms with van der Waals surface area (Å²) >= 11 is 0. The molecule has 2 saturated heterocycles. The van der Waals surface area contributed by atoms with Crippen LogP contribution >= 0.6 is 0 Å². The molecule has 2 fully saturated rings. The summed E-state index contributed by atoms with van der Waals surface area (Å²) in [5, 5.41) is 0. The summed E-state index contributed by atoms with van der Waals surface area (Å²) < 4.78 is 4.87. The standard InChI is InChI=1S/C11H21N3O2/c1-12-7-10(8-12)13-3-5-14(6-4-13)11(15)9-16-2/h10H,3-9H2,1-2H3. The number of hydrogen-bond acceptors (Lipinski definition) is 4. The van der Waals surface area contributed by atoms with Crippen LogP contribution in [-0.2, 0) is 9.53 Å². The molecule has 0 spiro atoms. The number of methoxy groups -OCH3 is 1. The van der Waals surface area contributed by atoms with E-state index in [-0.39, 0.29) is 12.5 Å². The van der Waals surface area contributed by atoms with Crippen LogP contribution in [0.25, 0.3) is 0 Å². The third-order valence-electron chi connectivity index (χ3n) is 3.50. The molecular formula is C11H21N3O2. The van der Waals surface area contributed by atoms with Crippen LogP contribution in [0.3, 0.4) is 0 Å². The average Bonchev–Trinajstić information content (AvgIpc) is 2.25. The Hall–Kier alpha value is -0.650. The topological polar surface area (TPSA) is 36.0 Å². The molecule has 2 aliphatic rings. The third kappa shape index (κ3) is 2.53. The first kappa shape index (κ1) is 11.8. The van der Waals surface area contributed by atoms with Gasteiger partial charge in [0, 0.05) is 52.4 Å². The number of carbonyl (C=O) groups is 1. The molecule has 0 aromatic heterocycles. The van der Waals surface area contributed by atoms with Crippen molar-refractivity contribution in [3.63, 3.8) is 0 Å². The molecule has 2 heterocycles. The van der Waals surface area contributed by atoms with E-state index in [0.29, 0.717) is 6.04 Å². The Bertz CT molecular complexity index is 246. The second-order valence-corrected chi connectivity index (χ2v) is 4.72. The van der Waals surface area contributed by atoms with Gasteiger partial charge >= 0.3 is 0 Å². The highest BCUT2D eigenvalue weighted by atomic mass is 16.5. The molecule has 0 aromatic rings. The fraction of sp³-hybridized carbons (Fsp3) is 0.909. The Labute approximate surface area is 96.9 Å². The van der Waals surface area contributed by atoms with Crippen molar-refractivity contribution < 1.29 is 9.53 Å². The van der Waals surface area contributed by atoms with Crippen LogP contribution < -0.4 is 0 Å². The highest BCUT2D eigenvalue weighted by molar-refractivity contribution is 5.77. The maximum absolute atomic E-state index is 11.6. The van der Waals surface area contributed by atoms with E-state index in [0.717, 1.165) is 26.2 Å². The van der Waals surface area contributed by atoms with Gasteiger partial charge in [0.05, 0.1) is 0 Å². The molecule has 16 heavy (non-hydrogen) atoms.